The van der Waals surface area contributed by atoms with Crippen LogP contribution in [0.25, 0.3) is 11.1 Å². The largest absolute Gasteiger partial charge is 0.356 e. The van der Waals surface area contributed by atoms with E-state index in [2.05, 4.69) is 41.7 Å². The molecular weight excluding hydrogens is 396 g/mol. The van der Waals surface area contributed by atoms with Gasteiger partial charge in [-0.3, -0.25) is 9.59 Å². The summed E-state index contributed by atoms with van der Waals surface area (Å²) in [4.78, 5) is 26.7. The molecule has 0 bridgehead atoms. The van der Waals surface area contributed by atoms with E-state index >= 15 is 0 Å². The highest BCUT2D eigenvalue weighted by molar-refractivity contribution is 5.95. The first-order valence-corrected chi connectivity index (χ1v) is 11.4. The summed E-state index contributed by atoms with van der Waals surface area (Å²) in [5.41, 5.74) is 5.19. The number of nitrogens with one attached hydrogen (secondary N) is 1. The first kappa shape index (κ1) is 21.8. The zero-order valence-electron chi connectivity index (χ0n) is 18.6. The Labute approximate surface area is 190 Å². The minimum atomic E-state index is 0.0303. The highest BCUT2D eigenvalue weighted by Crippen LogP contribution is 2.24. The Balaban J connectivity index is 1.40. The van der Waals surface area contributed by atoms with Crippen LogP contribution in [-0.2, 0) is 17.6 Å². The predicted octanol–water partition coefficient (Wildman–Crippen LogP) is 4.74. The van der Waals surface area contributed by atoms with Crippen LogP contribution >= 0.6 is 0 Å². The summed E-state index contributed by atoms with van der Waals surface area (Å²) in [5.74, 6) is 0.271. The average Bonchev–Trinajstić information content (AvgIpc) is 2.84. The molecule has 0 spiro atoms. The van der Waals surface area contributed by atoms with Crippen LogP contribution in [0, 0.1) is 5.92 Å². The molecule has 4 rings (SSSR count). The van der Waals surface area contributed by atoms with Gasteiger partial charge in [0.1, 0.15) is 0 Å². The predicted molar refractivity (Wildman–Crippen MR) is 128 cm³/mol. The van der Waals surface area contributed by atoms with E-state index in [1.807, 2.05) is 49.5 Å². The van der Waals surface area contributed by atoms with Crippen molar-refractivity contribution < 1.29 is 9.59 Å². The first-order valence-electron chi connectivity index (χ1n) is 11.4. The van der Waals surface area contributed by atoms with E-state index < -0.39 is 0 Å². The molecule has 3 aromatic carbocycles. The summed E-state index contributed by atoms with van der Waals surface area (Å²) in [5, 5.41) is 2.96. The van der Waals surface area contributed by atoms with Gasteiger partial charge in [-0.1, -0.05) is 66.7 Å². The fourth-order valence-electron chi connectivity index (χ4n) is 4.24. The maximum atomic E-state index is 12.9. The molecule has 0 unspecified atom stereocenters. The van der Waals surface area contributed by atoms with Gasteiger partial charge in [0.25, 0.3) is 5.91 Å². The summed E-state index contributed by atoms with van der Waals surface area (Å²) in [6.45, 7) is 1.47. The third kappa shape index (κ3) is 5.44. The quantitative estimate of drug-likeness (QED) is 0.593. The molecule has 1 N–H and O–H groups in total. The van der Waals surface area contributed by atoms with Gasteiger partial charge >= 0.3 is 0 Å². The standard InChI is InChI=1S/C28H30N2O2/c1-30(18-16-21-7-3-2-4-8-21)28(32)26-10-5-9-24(20-26)23-14-12-22(13-15-23)19-25-11-6-17-29-27(25)31/h2-5,7-10,12-15,20,25H,6,11,16-19H2,1H3,(H,29,31)/t25-/m0/s1. The topological polar surface area (TPSA) is 49.4 Å². The maximum Gasteiger partial charge on any atom is 0.253 e. The molecule has 1 heterocycles. The molecule has 0 radical (unpaired) electrons. The van der Waals surface area contributed by atoms with Crippen molar-refractivity contribution in [3.8, 4) is 11.1 Å². The Hall–Kier alpha value is -3.40. The molecule has 1 atom stereocenters. The maximum absolute atomic E-state index is 12.9. The third-order valence-corrected chi connectivity index (χ3v) is 6.20. The van der Waals surface area contributed by atoms with Crippen LogP contribution in [0.4, 0.5) is 0 Å². The van der Waals surface area contributed by atoms with E-state index in [0.717, 1.165) is 43.4 Å². The van der Waals surface area contributed by atoms with Crippen molar-refractivity contribution in [2.24, 2.45) is 5.92 Å². The molecule has 32 heavy (non-hydrogen) atoms. The van der Waals surface area contributed by atoms with Gasteiger partial charge in [0.2, 0.25) is 5.91 Å². The summed E-state index contributed by atoms with van der Waals surface area (Å²) in [6, 6.07) is 26.4. The zero-order valence-corrected chi connectivity index (χ0v) is 18.6. The van der Waals surface area contributed by atoms with Crippen LogP contribution in [0.5, 0.6) is 0 Å². The van der Waals surface area contributed by atoms with E-state index in [4.69, 9.17) is 0 Å². The number of rotatable bonds is 7. The smallest absolute Gasteiger partial charge is 0.253 e. The number of carbonyl (C=O) groups excluding carboxylic acids is 2. The van der Waals surface area contributed by atoms with E-state index in [9.17, 15) is 9.59 Å². The molecule has 0 saturated carbocycles. The van der Waals surface area contributed by atoms with Crippen LogP contribution in [0.15, 0.2) is 78.9 Å². The number of carbonyl (C=O) groups is 2. The van der Waals surface area contributed by atoms with Gasteiger partial charge in [-0.05, 0) is 60.1 Å². The van der Waals surface area contributed by atoms with E-state index in [-0.39, 0.29) is 17.7 Å². The molecule has 4 nitrogen and oxygen atoms in total. The van der Waals surface area contributed by atoms with E-state index in [1.165, 1.54) is 11.1 Å². The van der Waals surface area contributed by atoms with E-state index in [1.54, 1.807) is 4.90 Å². The molecule has 4 heteroatoms. The van der Waals surface area contributed by atoms with Crippen LogP contribution in [0.1, 0.15) is 34.3 Å². The number of hydrogen-bond donors (Lipinski definition) is 1. The monoisotopic (exact) mass is 426 g/mol. The van der Waals surface area contributed by atoms with Crippen LogP contribution < -0.4 is 5.32 Å². The number of nitrogens with zero attached hydrogens (tertiary/aromatic N) is 1. The SMILES string of the molecule is CN(CCc1ccccc1)C(=O)c1cccc(-c2ccc(C[C@@H]3CCCNC3=O)cc2)c1. The molecule has 1 saturated heterocycles. The van der Waals surface area contributed by atoms with Gasteiger partial charge in [0.05, 0.1) is 0 Å². The summed E-state index contributed by atoms with van der Waals surface area (Å²) in [6.07, 6.45) is 3.62. The number of likely N-dealkylation sites (N-methyl/N-ethyl adjacent to an activating group) is 1. The number of piperidine rings is 1. The lowest BCUT2D eigenvalue weighted by Gasteiger charge is -2.21. The van der Waals surface area contributed by atoms with Crippen molar-refractivity contribution in [3.63, 3.8) is 0 Å². The van der Waals surface area contributed by atoms with E-state index in [0.29, 0.717) is 12.1 Å². The zero-order chi connectivity index (χ0) is 22.3. The highest BCUT2D eigenvalue weighted by atomic mass is 16.2. The number of hydrogen-bond acceptors (Lipinski definition) is 2. The summed E-state index contributed by atoms with van der Waals surface area (Å²) in [7, 11) is 1.86. The Bertz CT molecular complexity index is 1060. The van der Waals surface area contributed by atoms with Crippen molar-refractivity contribution in [3.05, 3.63) is 95.6 Å². The van der Waals surface area contributed by atoms with Gasteiger partial charge in [-0.15, -0.1) is 0 Å². The number of benzene rings is 3. The second kappa shape index (κ2) is 10.3. The lowest BCUT2D eigenvalue weighted by atomic mass is 9.91. The Morgan fingerprint density at radius 3 is 2.47 bits per heavy atom. The van der Waals surface area contributed by atoms with Gasteiger partial charge in [0, 0.05) is 31.6 Å². The molecule has 164 valence electrons. The van der Waals surface area contributed by atoms with Crippen molar-refractivity contribution in [2.75, 3.05) is 20.1 Å². The van der Waals surface area contributed by atoms with Gasteiger partial charge in [-0.25, -0.2) is 0 Å². The minimum absolute atomic E-state index is 0.0303. The second-order valence-corrected chi connectivity index (χ2v) is 8.57. The van der Waals surface area contributed by atoms with Crippen molar-refractivity contribution >= 4 is 11.8 Å². The molecule has 3 aromatic rings. The molecule has 1 aliphatic heterocycles. The average molecular weight is 427 g/mol. The van der Waals surface area contributed by atoms with Crippen LogP contribution in [0.2, 0.25) is 0 Å². The van der Waals surface area contributed by atoms with Crippen LogP contribution in [-0.4, -0.2) is 36.9 Å². The Morgan fingerprint density at radius 2 is 1.72 bits per heavy atom. The fourth-order valence-corrected chi connectivity index (χ4v) is 4.24. The molecule has 0 aliphatic carbocycles. The lowest BCUT2D eigenvalue weighted by molar-refractivity contribution is -0.126. The van der Waals surface area contributed by atoms with Crippen molar-refractivity contribution in [1.82, 2.24) is 10.2 Å². The van der Waals surface area contributed by atoms with Gasteiger partial charge in [-0.2, -0.15) is 0 Å². The summed E-state index contributed by atoms with van der Waals surface area (Å²) < 4.78 is 0. The lowest BCUT2D eigenvalue weighted by Crippen LogP contribution is -2.37. The fraction of sp³-hybridized carbons (Fsp3) is 0.286. The second-order valence-electron chi connectivity index (χ2n) is 8.57. The van der Waals surface area contributed by atoms with Gasteiger partial charge < -0.3 is 10.2 Å². The molecule has 2 amide bonds. The minimum Gasteiger partial charge on any atom is -0.356 e. The van der Waals surface area contributed by atoms with Crippen molar-refractivity contribution in [2.45, 2.75) is 25.7 Å². The molecular formula is C28H30N2O2. The molecule has 1 fully saturated rings. The van der Waals surface area contributed by atoms with Crippen LogP contribution in [0.3, 0.4) is 0 Å². The third-order valence-electron chi connectivity index (χ3n) is 6.20. The van der Waals surface area contributed by atoms with Gasteiger partial charge in [0.15, 0.2) is 0 Å². The Morgan fingerprint density at radius 1 is 0.938 bits per heavy atom. The highest BCUT2D eigenvalue weighted by Gasteiger charge is 2.22. The molecule has 1 aliphatic rings. The molecule has 0 aromatic heterocycles. The Kier molecular flexibility index (Phi) is 7.00. The normalized spacial score (nSPS) is 15.8. The first-order chi connectivity index (χ1) is 15.6. The van der Waals surface area contributed by atoms with Crippen molar-refractivity contribution in [1.29, 1.82) is 0 Å². The summed E-state index contributed by atoms with van der Waals surface area (Å²) >= 11 is 0. The number of amides is 2.